The summed E-state index contributed by atoms with van der Waals surface area (Å²) in [5.74, 6) is 0. The summed E-state index contributed by atoms with van der Waals surface area (Å²) in [5.41, 5.74) is 7.73. The van der Waals surface area contributed by atoms with Crippen LogP contribution in [0.25, 0.3) is 15.8 Å². The predicted molar refractivity (Wildman–Crippen MR) is 62.0 cm³/mol. The molecular formula is C11H10N2S. The van der Waals surface area contributed by atoms with Gasteiger partial charge in [0, 0.05) is 11.3 Å². The highest BCUT2D eigenvalue weighted by molar-refractivity contribution is 7.19. The minimum Gasteiger partial charge on any atom is -0.399 e. The van der Waals surface area contributed by atoms with E-state index in [1.54, 1.807) is 11.3 Å². The van der Waals surface area contributed by atoms with Crippen LogP contribution in [-0.4, -0.2) is 4.98 Å². The second-order valence-corrected chi connectivity index (χ2v) is 4.02. The molecule has 1 aromatic carbocycles. The fourth-order valence-electron chi connectivity index (χ4n) is 1.14. The van der Waals surface area contributed by atoms with Crippen molar-refractivity contribution < 1.29 is 0 Å². The van der Waals surface area contributed by atoms with Gasteiger partial charge in [-0.05, 0) is 12.1 Å². The number of nitrogens with two attached hydrogens (primary N) is 1. The number of hydrogen-bond donors (Lipinski definition) is 1. The third-order valence-electron chi connectivity index (χ3n) is 1.94. The number of thiazole rings is 1. The number of benzene rings is 1. The minimum atomic E-state index is 0.476. The standard InChI is InChI=1S/C11H10N2S/c1-7(8(2)12)11-13-9-5-3-4-6-10(9)14-11/h3-6H,1-2,12H2. The lowest BCUT2D eigenvalue weighted by Gasteiger charge is -1.97. The number of nitrogens with zero attached hydrogens (tertiary/aromatic N) is 1. The van der Waals surface area contributed by atoms with Gasteiger partial charge in [0.15, 0.2) is 0 Å². The Morgan fingerprint density at radius 1 is 1.29 bits per heavy atom. The maximum absolute atomic E-state index is 5.56. The molecule has 0 bridgehead atoms. The van der Waals surface area contributed by atoms with Gasteiger partial charge in [-0.1, -0.05) is 25.3 Å². The highest BCUT2D eigenvalue weighted by Gasteiger charge is 2.06. The van der Waals surface area contributed by atoms with Crippen molar-refractivity contribution in [2.45, 2.75) is 0 Å². The van der Waals surface area contributed by atoms with E-state index >= 15 is 0 Å². The molecule has 0 atom stereocenters. The molecule has 2 nitrogen and oxygen atoms in total. The molecule has 70 valence electrons. The van der Waals surface area contributed by atoms with E-state index in [1.807, 2.05) is 24.3 Å². The van der Waals surface area contributed by atoms with E-state index in [2.05, 4.69) is 18.1 Å². The Morgan fingerprint density at radius 2 is 2.00 bits per heavy atom. The third kappa shape index (κ3) is 1.42. The number of rotatable bonds is 2. The van der Waals surface area contributed by atoms with Gasteiger partial charge < -0.3 is 5.73 Å². The number of allylic oxidation sites excluding steroid dienone is 1. The zero-order valence-electron chi connectivity index (χ0n) is 7.66. The average Bonchev–Trinajstić information content (AvgIpc) is 2.59. The van der Waals surface area contributed by atoms with Crippen LogP contribution in [0.1, 0.15) is 5.01 Å². The highest BCUT2D eigenvalue weighted by Crippen LogP contribution is 2.27. The van der Waals surface area contributed by atoms with Crippen LogP contribution < -0.4 is 5.73 Å². The molecule has 0 fully saturated rings. The molecule has 14 heavy (non-hydrogen) atoms. The smallest absolute Gasteiger partial charge is 0.126 e. The molecule has 0 saturated heterocycles. The van der Waals surface area contributed by atoms with Crippen LogP contribution in [0.3, 0.4) is 0 Å². The monoisotopic (exact) mass is 202 g/mol. The fraction of sp³-hybridized carbons (Fsp3) is 0. The van der Waals surface area contributed by atoms with Gasteiger partial charge in [0.2, 0.25) is 0 Å². The van der Waals surface area contributed by atoms with E-state index in [1.165, 1.54) is 0 Å². The van der Waals surface area contributed by atoms with Crippen LogP contribution >= 0.6 is 11.3 Å². The van der Waals surface area contributed by atoms with Crippen molar-refractivity contribution in [2.75, 3.05) is 0 Å². The summed E-state index contributed by atoms with van der Waals surface area (Å²) >= 11 is 1.58. The largest absolute Gasteiger partial charge is 0.399 e. The summed E-state index contributed by atoms with van der Waals surface area (Å²) in [6.45, 7) is 7.49. The molecule has 1 heterocycles. The number of hydrogen-bond acceptors (Lipinski definition) is 3. The Bertz CT molecular complexity index is 478. The molecule has 0 unspecified atom stereocenters. The number of fused-ring (bicyclic) bond motifs is 1. The van der Waals surface area contributed by atoms with Crippen molar-refractivity contribution in [3.05, 3.63) is 48.1 Å². The average molecular weight is 202 g/mol. The van der Waals surface area contributed by atoms with Crippen LogP contribution in [-0.2, 0) is 0 Å². The van der Waals surface area contributed by atoms with E-state index in [0.29, 0.717) is 11.3 Å². The molecule has 2 aromatic rings. The summed E-state index contributed by atoms with van der Waals surface area (Å²) in [6, 6.07) is 7.96. The van der Waals surface area contributed by atoms with Crippen LogP contribution in [0.5, 0.6) is 0 Å². The van der Waals surface area contributed by atoms with Gasteiger partial charge in [-0.25, -0.2) is 4.98 Å². The topological polar surface area (TPSA) is 38.9 Å². The van der Waals surface area contributed by atoms with Crippen molar-refractivity contribution in [1.82, 2.24) is 4.98 Å². The Morgan fingerprint density at radius 3 is 2.64 bits per heavy atom. The summed E-state index contributed by atoms with van der Waals surface area (Å²) in [7, 11) is 0. The first-order chi connectivity index (χ1) is 6.68. The molecule has 0 radical (unpaired) electrons. The molecule has 3 heteroatoms. The quantitative estimate of drug-likeness (QED) is 0.760. The van der Waals surface area contributed by atoms with Gasteiger partial charge in [0.1, 0.15) is 5.01 Å². The van der Waals surface area contributed by atoms with Crippen LogP contribution in [0, 0.1) is 0 Å². The first-order valence-electron chi connectivity index (χ1n) is 4.18. The van der Waals surface area contributed by atoms with E-state index in [-0.39, 0.29) is 0 Å². The highest BCUT2D eigenvalue weighted by atomic mass is 32.1. The Labute approximate surface area is 86.4 Å². The van der Waals surface area contributed by atoms with Crippen LogP contribution in [0.15, 0.2) is 43.1 Å². The predicted octanol–water partition coefficient (Wildman–Crippen LogP) is 2.78. The lowest BCUT2D eigenvalue weighted by atomic mass is 10.2. The molecule has 2 N–H and O–H groups in total. The maximum Gasteiger partial charge on any atom is 0.126 e. The Kier molecular flexibility index (Phi) is 2.09. The second-order valence-electron chi connectivity index (χ2n) is 2.99. The number of para-hydroxylation sites is 1. The zero-order chi connectivity index (χ0) is 10.1. The maximum atomic E-state index is 5.56. The van der Waals surface area contributed by atoms with Crippen LogP contribution in [0.4, 0.5) is 0 Å². The van der Waals surface area contributed by atoms with E-state index < -0.39 is 0 Å². The van der Waals surface area contributed by atoms with Crippen molar-refractivity contribution in [3.63, 3.8) is 0 Å². The SMILES string of the molecule is C=C(N)C(=C)c1nc2ccccc2s1. The fourth-order valence-corrected chi connectivity index (χ4v) is 2.11. The van der Waals surface area contributed by atoms with Gasteiger partial charge in [0.05, 0.1) is 10.2 Å². The van der Waals surface area contributed by atoms with E-state index in [4.69, 9.17) is 5.73 Å². The third-order valence-corrected chi connectivity index (χ3v) is 3.04. The van der Waals surface area contributed by atoms with Gasteiger partial charge >= 0.3 is 0 Å². The Hall–Kier alpha value is -1.61. The van der Waals surface area contributed by atoms with E-state index in [0.717, 1.165) is 15.2 Å². The lowest BCUT2D eigenvalue weighted by Crippen LogP contribution is -1.96. The number of aromatic nitrogens is 1. The lowest BCUT2D eigenvalue weighted by molar-refractivity contribution is 1.39. The molecule has 0 spiro atoms. The molecule has 0 aliphatic carbocycles. The molecule has 0 aliphatic heterocycles. The van der Waals surface area contributed by atoms with Crippen molar-refractivity contribution >= 4 is 27.1 Å². The molecule has 0 aliphatic rings. The molecule has 1 aromatic heterocycles. The van der Waals surface area contributed by atoms with Gasteiger partial charge in [-0.2, -0.15) is 0 Å². The molecule has 2 rings (SSSR count). The molecule has 0 amide bonds. The summed E-state index contributed by atoms with van der Waals surface area (Å²) < 4.78 is 1.14. The normalized spacial score (nSPS) is 10.3. The Balaban J connectivity index is 2.55. The zero-order valence-corrected chi connectivity index (χ0v) is 8.47. The first kappa shape index (κ1) is 8.97. The van der Waals surface area contributed by atoms with Crippen molar-refractivity contribution in [1.29, 1.82) is 0 Å². The summed E-state index contributed by atoms with van der Waals surface area (Å²) in [5, 5.41) is 0.846. The second kappa shape index (κ2) is 3.27. The summed E-state index contributed by atoms with van der Waals surface area (Å²) in [4.78, 5) is 4.41. The minimum absolute atomic E-state index is 0.476. The molecular weight excluding hydrogens is 192 g/mol. The first-order valence-corrected chi connectivity index (χ1v) is 5.00. The van der Waals surface area contributed by atoms with Crippen molar-refractivity contribution in [3.8, 4) is 0 Å². The van der Waals surface area contributed by atoms with Gasteiger partial charge in [-0.15, -0.1) is 11.3 Å². The van der Waals surface area contributed by atoms with Gasteiger partial charge in [-0.3, -0.25) is 0 Å². The molecule has 0 saturated carbocycles. The summed E-state index contributed by atoms with van der Waals surface area (Å²) in [6.07, 6.45) is 0. The van der Waals surface area contributed by atoms with E-state index in [9.17, 15) is 0 Å². The van der Waals surface area contributed by atoms with Crippen LogP contribution in [0.2, 0.25) is 0 Å². The van der Waals surface area contributed by atoms with Crippen molar-refractivity contribution in [2.24, 2.45) is 5.73 Å². The van der Waals surface area contributed by atoms with Gasteiger partial charge in [0.25, 0.3) is 0 Å².